The van der Waals surface area contributed by atoms with Crippen molar-refractivity contribution in [1.82, 2.24) is 9.55 Å². The topological polar surface area (TPSA) is 102 Å². The van der Waals surface area contributed by atoms with Crippen LogP contribution in [0.4, 0.5) is 11.4 Å². The second-order valence-electron chi connectivity index (χ2n) is 7.07. The second kappa shape index (κ2) is 8.73. The fraction of sp³-hybridized carbons (Fsp3) is 0.0833. The third-order valence-electron chi connectivity index (χ3n) is 4.82. The Bertz CT molecular complexity index is 1380. The van der Waals surface area contributed by atoms with Crippen LogP contribution in [-0.2, 0) is 4.79 Å². The summed E-state index contributed by atoms with van der Waals surface area (Å²) in [4.78, 5) is 41.1. The molecular formula is C24H20N4O4. The number of anilines is 2. The summed E-state index contributed by atoms with van der Waals surface area (Å²) in [5.74, 6) is 0.125. The molecular weight excluding hydrogens is 408 g/mol. The van der Waals surface area contributed by atoms with E-state index in [1.807, 2.05) is 0 Å². The van der Waals surface area contributed by atoms with Gasteiger partial charge in [0.15, 0.2) is 0 Å². The minimum atomic E-state index is -0.335. The molecule has 0 aliphatic rings. The normalized spacial score (nSPS) is 10.6. The molecule has 0 saturated carbocycles. The van der Waals surface area contributed by atoms with Crippen molar-refractivity contribution in [3.05, 3.63) is 89.0 Å². The van der Waals surface area contributed by atoms with Gasteiger partial charge in [-0.15, -0.1) is 0 Å². The largest absolute Gasteiger partial charge is 0.497 e. The molecule has 0 bridgehead atoms. The van der Waals surface area contributed by atoms with Crippen LogP contribution in [0.25, 0.3) is 16.6 Å². The number of amides is 2. The van der Waals surface area contributed by atoms with E-state index < -0.39 is 0 Å². The number of ether oxygens (including phenoxy) is 1. The van der Waals surface area contributed by atoms with Crippen molar-refractivity contribution in [1.29, 1.82) is 0 Å². The highest BCUT2D eigenvalue weighted by Gasteiger charge is 2.11. The average molecular weight is 428 g/mol. The number of methoxy groups -OCH3 is 1. The molecule has 3 aromatic carbocycles. The Morgan fingerprint density at radius 2 is 1.66 bits per heavy atom. The van der Waals surface area contributed by atoms with Crippen LogP contribution in [0.5, 0.6) is 5.75 Å². The summed E-state index contributed by atoms with van der Waals surface area (Å²) in [6.07, 6.45) is 1.43. The Labute approximate surface area is 183 Å². The first-order valence-electron chi connectivity index (χ1n) is 9.79. The van der Waals surface area contributed by atoms with Gasteiger partial charge in [0.1, 0.15) is 12.1 Å². The van der Waals surface area contributed by atoms with Crippen molar-refractivity contribution in [3.63, 3.8) is 0 Å². The fourth-order valence-electron chi connectivity index (χ4n) is 3.25. The molecule has 8 nitrogen and oxygen atoms in total. The molecule has 8 heteroatoms. The van der Waals surface area contributed by atoms with E-state index in [1.165, 1.54) is 17.8 Å². The highest BCUT2D eigenvalue weighted by Crippen LogP contribution is 2.18. The zero-order valence-corrected chi connectivity index (χ0v) is 17.5. The number of hydrogen-bond donors (Lipinski definition) is 2. The molecule has 0 radical (unpaired) electrons. The van der Waals surface area contributed by atoms with E-state index in [4.69, 9.17) is 4.74 Å². The predicted octanol–water partition coefficient (Wildman–Crippen LogP) is 3.61. The number of benzene rings is 3. The van der Waals surface area contributed by atoms with Gasteiger partial charge in [-0.1, -0.05) is 6.07 Å². The summed E-state index contributed by atoms with van der Waals surface area (Å²) in [5, 5.41) is 5.85. The van der Waals surface area contributed by atoms with Gasteiger partial charge in [-0.2, -0.15) is 0 Å². The molecule has 2 N–H and O–H groups in total. The standard InChI is InChI=1S/C24H20N4O4/c1-15(29)26-17-7-9-18(10-8-17)27-23(30)16-6-11-21-22(12-16)25-14-28(24(21)31)19-4-3-5-20(13-19)32-2/h3-14H,1-2H3,(H,26,29)(H,27,30). The van der Waals surface area contributed by atoms with Crippen molar-refractivity contribution < 1.29 is 14.3 Å². The summed E-state index contributed by atoms with van der Waals surface area (Å²) in [5.41, 5.74) is 2.39. The van der Waals surface area contributed by atoms with E-state index in [1.54, 1.807) is 73.8 Å². The first-order chi connectivity index (χ1) is 15.4. The summed E-state index contributed by atoms with van der Waals surface area (Å²) in [6, 6.07) is 18.6. The lowest BCUT2D eigenvalue weighted by atomic mass is 10.1. The lowest BCUT2D eigenvalue weighted by Gasteiger charge is -2.10. The first-order valence-corrected chi connectivity index (χ1v) is 9.79. The molecule has 0 saturated heterocycles. The molecule has 4 aromatic rings. The average Bonchev–Trinajstić information content (AvgIpc) is 2.80. The van der Waals surface area contributed by atoms with Crippen LogP contribution >= 0.6 is 0 Å². The number of nitrogens with zero attached hydrogens (tertiary/aromatic N) is 2. The van der Waals surface area contributed by atoms with E-state index in [-0.39, 0.29) is 17.4 Å². The van der Waals surface area contributed by atoms with Crippen LogP contribution in [0.3, 0.4) is 0 Å². The number of nitrogens with one attached hydrogen (secondary N) is 2. The molecule has 0 unspecified atom stereocenters. The van der Waals surface area contributed by atoms with Gasteiger partial charge in [-0.3, -0.25) is 19.0 Å². The number of hydrogen-bond acceptors (Lipinski definition) is 5. The van der Waals surface area contributed by atoms with Crippen molar-refractivity contribution >= 4 is 34.1 Å². The van der Waals surface area contributed by atoms with E-state index in [0.717, 1.165) is 0 Å². The molecule has 0 aliphatic carbocycles. The Hall–Kier alpha value is -4.46. The van der Waals surface area contributed by atoms with Crippen molar-refractivity contribution in [2.24, 2.45) is 0 Å². The molecule has 160 valence electrons. The lowest BCUT2D eigenvalue weighted by molar-refractivity contribution is -0.114. The van der Waals surface area contributed by atoms with E-state index in [2.05, 4.69) is 15.6 Å². The molecule has 0 aliphatic heterocycles. The van der Waals surface area contributed by atoms with Gasteiger partial charge in [-0.25, -0.2) is 4.98 Å². The molecule has 1 aromatic heterocycles. The van der Waals surface area contributed by atoms with Gasteiger partial charge in [-0.05, 0) is 54.6 Å². The van der Waals surface area contributed by atoms with Crippen molar-refractivity contribution in [3.8, 4) is 11.4 Å². The van der Waals surface area contributed by atoms with Gasteiger partial charge in [0.2, 0.25) is 5.91 Å². The Morgan fingerprint density at radius 1 is 0.938 bits per heavy atom. The molecule has 2 amide bonds. The maximum Gasteiger partial charge on any atom is 0.265 e. The van der Waals surface area contributed by atoms with Crippen LogP contribution in [0.15, 0.2) is 77.9 Å². The van der Waals surface area contributed by atoms with Crippen LogP contribution in [0, 0.1) is 0 Å². The molecule has 0 spiro atoms. The van der Waals surface area contributed by atoms with Gasteiger partial charge in [0.25, 0.3) is 11.5 Å². The fourth-order valence-corrected chi connectivity index (χ4v) is 3.25. The smallest absolute Gasteiger partial charge is 0.265 e. The van der Waals surface area contributed by atoms with Gasteiger partial charge in [0.05, 0.1) is 23.7 Å². The minimum absolute atomic E-state index is 0.170. The molecule has 4 rings (SSSR count). The highest BCUT2D eigenvalue weighted by molar-refractivity contribution is 6.06. The van der Waals surface area contributed by atoms with E-state index >= 15 is 0 Å². The molecule has 32 heavy (non-hydrogen) atoms. The second-order valence-corrected chi connectivity index (χ2v) is 7.07. The zero-order valence-electron chi connectivity index (χ0n) is 17.5. The number of fused-ring (bicyclic) bond motifs is 1. The number of rotatable bonds is 5. The van der Waals surface area contributed by atoms with E-state index in [9.17, 15) is 14.4 Å². The summed E-state index contributed by atoms with van der Waals surface area (Å²) in [6.45, 7) is 1.43. The van der Waals surface area contributed by atoms with Crippen LogP contribution in [0.1, 0.15) is 17.3 Å². The number of carbonyl (C=O) groups is 2. The highest BCUT2D eigenvalue weighted by atomic mass is 16.5. The Kier molecular flexibility index (Phi) is 5.67. The summed E-state index contributed by atoms with van der Waals surface area (Å²) >= 11 is 0. The molecule has 0 fully saturated rings. The predicted molar refractivity (Wildman–Crippen MR) is 123 cm³/mol. The molecule has 0 atom stereocenters. The van der Waals surface area contributed by atoms with Crippen LogP contribution in [-0.4, -0.2) is 28.5 Å². The van der Waals surface area contributed by atoms with Crippen LogP contribution < -0.4 is 20.9 Å². The van der Waals surface area contributed by atoms with Crippen LogP contribution in [0.2, 0.25) is 0 Å². The maximum absolute atomic E-state index is 13.0. The first kappa shape index (κ1) is 20.8. The lowest BCUT2D eigenvalue weighted by Crippen LogP contribution is -2.19. The SMILES string of the molecule is COc1cccc(-n2cnc3cc(C(=O)Nc4ccc(NC(C)=O)cc4)ccc3c2=O)c1. The monoisotopic (exact) mass is 428 g/mol. The number of carbonyl (C=O) groups excluding carboxylic acids is 2. The molecule has 1 heterocycles. The van der Waals surface area contributed by atoms with E-state index in [0.29, 0.717) is 39.3 Å². The quantitative estimate of drug-likeness (QED) is 0.506. The summed E-state index contributed by atoms with van der Waals surface area (Å²) < 4.78 is 6.65. The Balaban J connectivity index is 1.59. The zero-order chi connectivity index (χ0) is 22.7. The van der Waals surface area contributed by atoms with Gasteiger partial charge < -0.3 is 15.4 Å². The third-order valence-corrected chi connectivity index (χ3v) is 4.82. The van der Waals surface area contributed by atoms with Gasteiger partial charge >= 0.3 is 0 Å². The number of aromatic nitrogens is 2. The van der Waals surface area contributed by atoms with Crippen molar-refractivity contribution in [2.45, 2.75) is 6.92 Å². The van der Waals surface area contributed by atoms with Crippen molar-refractivity contribution in [2.75, 3.05) is 17.7 Å². The Morgan fingerprint density at radius 3 is 2.34 bits per heavy atom. The maximum atomic E-state index is 13.0. The summed E-state index contributed by atoms with van der Waals surface area (Å²) in [7, 11) is 1.56. The van der Waals surface area contributed by atoms with Gasteiger partial charge in [0, 0.05) is 29.9 Å². The minimum Gasteiger partial charge on any atom is -0.497 e. The third kappa shape index (κ3) is 4.34.